The van der Waals surface area contributed by atoms with Crippen LogP contribution in [0.2, 0.25) is 5.02 Å². The predicted octanol–water partition coefficient (Wildman–Crippen LogP) is 4.84. The van der Waals surface area contributed by atoms with Crippen molar-refractivity contribution in [3.8, 4) is 0 Å². The molecular formula is C19H18ClFN2OS. The van der Waals surface area contributed by atoms with Crippen molar-refractivity contribution in [2.24, 2.45) is 4.99 Å². The van der Waals surface area contributed by atoms with Gasteiger partial charge in [0.2, 0.25) is 0 Å². The van der Waals surface area contributed by atoms with Gasteiger partial charge in [0.1, 0.15) is 5.82 Å². The van der Waals surface area contributed by atoms with Crippen LogP contribution in [0.5, 0.6) is 0 Å². The Balaban J connectivity index is 1.75. The van der Waals surface area contributed by atoms with Crippen molar-refractivity contribution in [3.05, 3.63) is 69.5 Å². The van der Waals surface area contributed by atoms with Gasteiger partial charge in [0.15, 0.2) is 5.17 Å². The van der Waals surface area contributed by atoms with Crippen LogP contribution in [0.15, 0.2) is 41.4 Å². The van der Waals surface area contributed by atoms with Crippen molar-refractivity contribution < 1.29 is 9.18 Å². The molecule has 2 aromatic carbocycles. The number of hydrogen-bond donors (Lipinski definition) is 0. The lowest BCUT2D eigenvalue weighted by molar-refractivity contribution is 0.0860. The number of nitrogens with zero attached hydrogens (tertiary/aromatic N) is 2. The van der Waals surface area contributed by atoms with Gasteiger partial charge in [-0.15, -0.1) is 0 Å². The van der Waals surface area contributed by atoms with E-state index >= 15 is 0 Å². The molecule has 0 atom stereocenters. The summed E-state index contributed by atoms with van der Waals surface area (Å²) in [7, 11) is 0. The summed E-state index contributed by atoms with van der Waals surface area (Å²) >= 11 is 7.41. The third-order valence-electron chi connectivity index (χ3n) is 3.92. The van der Waals surface area contributed by atoms with Crippen LogP contribution in [0, 0.1) is 19.7 Å². The van der Waals surface area contributed by atoms with Crippen LogP contribution in [0.3, 0.4) is 0 Å². The molecule has 2 aromatic rings. The van der Waals surface area contributed by atoms with E-state index in [0.717, 1.165) is 11.1 Å². The first kappa shape index (κ1) is 18.0. The van der Waals surface area contributed by atoms with Gasteiger partial charge in [-0.1, -0.05) is 46.6 Å². The van der Waals surface area contributed by atoms with E-state index in [1.54, 1.807) is 17.0 Å². The highest BCUT2D eigenvalue weighted by atomic mass is 35.5. The minimum Gasteiger partial charge on any atom is -0.286 e. The topological polar surface area (TPSA) is 32.7 Å². The number of aryl methyl sites for hydroxylation is 2. The van der Waals surface area contributed by atoms with Crippen molar-refractivity contribution in [3.63, 3.8) is 0 Å². The number of benzene rings is 2. The number of aliphatic imine (C=N–C) groups is 1. The van der Waals surface area contributed by atoms with Gasteiger partial charge in [0.25, 0.3) is 5.91 Å². The van der Waals surface area contributed by atoms with Crippen LogP contribution < -0.4 is 0 Å². The fraction of sp³-hybridized carbons (Fsp3) is 0.263. The van der Waals surface area contributed by atoms with Crippen LogP contribution in [-0.4, -0.2) is 29.1 Å². The van der Waals surface area contributed by atoms with Gasteiger partial charge in [-0.25, -0.2) is 4.39 Å². The molecule has 25 heavy (non-hydrogen) atoms. The second-order valence-electron chi connectivity index (χ2n) is 5.99. The second kappa shape index (κ2) is 7.58. The predicted molar refractivity (Wildman–Crippen MR) is 102 cm³/mol. The summed E-state index contributed by atoms with van der Waals surface area (Å²) in [6.07, 6.45) is 0. The Morgan fingerprint density at radius 3 is 2.68 bits per heavy atom. The van der Waals surface area contributed by atoms with Gasteiger partial charge in [0.05, 0.1) is 6.54 Å². The number of carbonyl (C=O) groups excluding carboxylic acids is 1. The minimum absolute atomic E-state index is 0.0739. The number of thioether (sulfide) groups is 1. The maximum Gasteiger partial charge on any atom is 0.259 e. The average Bonchev–Trinajstić information content (AvgIpc) is 3.01. The monoisotopic (exact) mass is 376 g/mol. The molecule has 0 fully saturated rings. The minimum atomic E-state index is -0.342. The summed E-state index contributed by atoms with van der Waals surface area (Å²) in [5, 5.41) is 1.00. The van der Waals surface area contributed by atoms with Gasteiger partial charge in [-0.05, 0) is 38.1 Å². The van der Waals surface area contributed by atoms with Gasteiger partial charge in [-0.3, -0.25) is 14.7 Å². The summed E-state index contributed by atoms with van der Waals surface area (Å²) in [4.78, 5) is 18.9. The lowest BCUT2D eigenvalue weighted by Crippen LogP contribution is -2.33. The third kappa shape index (κ3) is 4.05. The molecule has 1 amide bonds. The fourth-order valence-electron chi connectivity index (χ4n) is 2.80. The van der Waals surface area contributed by atoms with E-state index in [1.165, 1.54) is 17.8 Å². The fourth-order valence-corrected chi connectivity index (χ4v) is 4.19. The van der Waals surface area contributed by atoms with Crippen molar-refractivity contribution in [1.29, 1.82) is 0 Å². The molecule has 0 saturated heterocycles. The zero-order valence-corrected chi connectivity index (χ0v) is 15.6. The molecule has 0 spiro atoms. The zero-order valence-electron chi connectivity index (χ0n) is 14.1. The maximum absolute atomic E-state index is 13.9. The molecule has 130 valence electrons. The van der Waals surface area contributed by atoms with Crippen LogP contribution in [0.4, 0.5) is 4.39 Å². The van der Waals surface area contributed by atoms with E-state index in [4.69, 9.17) is 11.6 Å². The Morgan fingerprint density at radius 2 is 2.00 bits per heavy atom. The van der Waals surface area contributed by atoms with E-state index in [0.29, 0.717) is 40.2 Å². The SMILES string of the molecule is Cc1cc(C)cc(C(=O)N2CCN=C2SCc2c(F)cccc2Cl)c1. The van der Waals surface area contributed by atoms with Crippen LogP contribution >= 0.6 is 23.4 Å². The lowest BCUT2D eigenvalue weighted by atomic mass is 10.1. The molecule has 0 unspecified atom stereocenters. The summed E-state index contributed by atoms with van der Waals surface area (Å²) in [5.41, 5.74) is 3.18. The molecule has 3 nitrogen and oxygen atoms in total. The molecule has 0 aliphatic carbocycles. The standard InChI is InChI=1S/C19H18ClFN2OS/c1-12-8-13(2)10-14(9-12)18(24)23-7-6-22-19(23)25-11-15-16(20)4-3-5-17(15)21/h3-5,8-10H,6-7,11H2,1-2H3. The molecule has 1 heterocycles. The number of rotatable bonds is 3. The summed E-state index contributed by atoms with van der Waals surface area (Å²) in [6, 6.07) is 10.4. The van der Waals surface area contributed by atoms with Crippen molar-refractivity contribution >= 4 is 34.4 Å². The van der Waals surface area contributed by atoms with Crippen molar-refractivity contribution in [1.82, 2.24) is 4.90 Å². The van der Waals surface area contributed by atoms with Gasteiger partial charge >= 0.3 is 0 Å². The molecule has 0 N–H and O–H groups in total. The Hall–Kier alpha value is -1.85. The van der Waals surface area contributed by atoms with Crippen LogP contribution in [0.25, 0.3) is 0 Å². The lowest BCUT2D eigenvalue weighted by Gasteiger charge is -2.18. The molecule has 1 aliphatic rings. The number of amidine groups is 1. The average molecular weight is 377 g/mol. The molecule has 1 aliphatic heterocycles. The number of hydrogen-bond acceptors (Lipinski definition) is 3. The van der Waals surface area contributed by atoms with E-state index in [9.17, 15) is 9.18 Å². The summed E-state index contributed by atoms with van der Waals surface area (Å²) < 4.78 is 13.9. The summed E-state index contributed by atoms with van der Waals surface area (Å²) in [6.45, 7) is 5.04. The molecular weight excluding hydrogens is 359 g/mol. The summed E-state index contributed by atoms with van der Waals surface area (Å²) in [5.74, 6) is -0.0815. The smallest absolute Gasteiger partial charge is 0.259 e. The quantitative estimate of drug-likeness (QED) is 0.767. The van der Waals surface area contributed by atoms with Gasteiger partial charge in [-0.2, -0.15) is 0 Å². The zero-order chi connectivity index (χ0) is 18.0. The van der Waals surface area contributed by atoms with Crippen molar-refractivity contribution in [2.45, 2.75) is 19.6 Å². The number of carbonyl (C=O) groups is 1. The Labute approximate surface area is 155 Å². The first-order valence-corrected chi connectivity index (χ1v) is 9.32. The Kier molecular flexibility index (Phi) is 5.45. The molecule has 0 bridgehead atoms. The highest BCUT2D eigenvalue weighted by Gasteiger charge is 2.26. The molecule has 0 saturated carbocycles. The second-order valence-corrected chi connectivity index (χ2v) is 7.34. The first-order chi connectivity index (χ1) is 12.0. The molecule has 6 heteroatoms. The maximum atomic E-state index is 13.9. The van der Waals surface area contributed by atoms with E-state index in [2.05, 4.69) is 4.99 Å². The number of amides is 1. The third-order valence-corrected chi connectivity index (χ3v) is 5.32. The molecule has 0 radical (unpaired) electrons. The van der Waals surface area contributed by atoms with E-state index in [-0.39, 0.29) is 11.7 Å². The van der Waals surface area contributed by atoms with Crippen LogP contribution in [0.1, 0.15) is 27.0 Å². The highest BCUT2D eigenvalue weighted by Crippen LogP contribution is 2.27. The Bertz CT molecular complexity index is 813. The first-order valence-electron chi connectivity index (χ1n) is 7.96. The van der Waals surface area contributed by atoms with Gasteiger partial charge in [0, 0.05) is 28.4 Å². The van der Waals surface area contributed by atoms with E-state index < -0.39 is 0 Å². The number of halogens is 2. The Morgan fingerprint density at radius 1 is 1.28 bits per heavy atom. The van der Waals surface area contributed by atoms with Crippen LogP contribution in [-0.2, 0) is 5.75 Å². The molecule has 3 rings (SSSR count). The van der Waals surface area contributed by atoms with Crippen molar-refractivity contribution in [2.75, 3.05) is 13.1 Å². The van der Waals surface area contributed by atoms with E-state index in [1.807, 2.05) is 32.0 Å². The largest absolute Gasteiger partial charge is 0.286 e. The normalized spacial score (nSPS) is 13.9. The highest BCUT2D eigenvalue weighted by molar-refractivity contribution is 8.13. The van der Waals surface area contributed by atoms with Gasteiger partial charge < -0.3 is 0 Å². The molecule has 0 aromatic heterocycles.